The van der Waals surface area contributed by atoms with Gasteiger partial charge in [-0.3, -0.25) is 9.59 Å². The number of carbonyl (C=O) groups is 2. The molecule has 0 spiro atoms. The van der Waals surface area contributed by atoms with Gasteiger partial charge in [0.25, 0.3) is 0 Å². The standard InChI is InChI=1S/C23H33N3O3/c1-3-4-5-14-26(15-6-7-22(27)29-2)23(28)20-12-16-25(17-13-20)21-10-8-19(18-24)9-11-21/h8-11,20H,3-7,12-17H2,1-2H3. The van der Waals surface area contributed by atoms with Crippen molar-refractivity contribution in [1.29, 1.82) is 5.26 Å². The lowest BCUT2D eigenvalue weighted by Crippen LogP contribution is -2.43. The molecule has 2 rings (SSSR count). The summed E-state index contributed by atoms with van der Waals surface area (Å²) >= 11 is 0. The van der Waals surface area contributed by atoms with Crippen molar-refractivity contribution in [1.82, 2.24) is 4.90 Å². The number of amides is 1. The summed E-state index contributed by atoms with van der Waals surface area (Å²) in [5.41, 5.74) is 1.77. The molecule has 0 saturated carbocycles. The number of esters is 1. The van der Waals surface area contributed by atoms with Crippen molar-refractivity contribution in [2.24, 2.45) is 5.92 Å². The molecule has 0 atom stereocenters. The van der Waals surface area contributed by atoms with Crippen LogP contribution in [-0.4, -0.2) is 50.1 Å². The van der Waals surface area contributed by atoms with Crippen LogP contribution in [0.25, 0.3) is 0 Å². The fourth-order valence-corrected chi connectivity index (χ4v) is 3.79. The molecule has 1 fully saturated rings. The third kappa shape index (κ3) is 7.08. The molecule has 1 aromatic rings. The average molecular weight is 400 g/mol. The van der Waals surface area contributed by atoms with Gasteiger partial charge in [0.15, 0.2) is 0 Å². The van der Waals surface area contributed by atoms with E-state index >= 15 is 0 Å². The number of benzene rings is 1. The van der Waals surface area contributed by atoms with Crippen molar-refractivity contribution in [2.75, 3.05) is 38.2 Å². The predicted octanol–water partition coefficient (Wildman–Crippen LogP) is 3.75. The van der Waals surface area contributed by atoms with Crippen LogP contribution in [-0.2, 0) is 14.3 Å². The van der Waals surface area contributed by atoms with Crippen LogP contribution in [0.3, 0.4) is 0 Å². The van der Waals surface area contributed by atoms with E-state index in [1.54, 1.807) is 0 Å². The van der Waals surface area contributed by atoms with Crippen molar-refractivity contribution >= 4 is 17.6 Å². The highest BCUT2D eigenvalue weighted by Gasteiger charge is 2.28. The Morgan fingerprint density at radius 2 is 1.79 bits per heavy atom. The molecule has 29 heavy (non-hydrogen) atoms. The van der Waals surface area contributed by atoms with Crippen LogP contribution in [0, 0.1) is 17.2 Å². The first kappa shape index (κ1) is 22.7. The summed E-state index contributed by atoms with van der Waals surface area (Å²) < 4.78 is 4.71. The van der Waals surface area contributed by atoms with Crippen LogP contribution >= 0.6 is 0 Å². The topological polar surface area (TPSA) is 73.6 Å². The highest BCUT2D eigenvalue weighted by molar-refractivity contribution is 5.79. The maximum absolute atomic E-state index is 13.1. The second-order valence-corrected chi connectivity index (χ2v) is 7.63. The first-order valence-electron chi connectivity index (χ1n) is 10.7. The van der Waals surface area contributed by atoms with Crippen molar-refractivity contribution in [3.8, 4) is 6.07 Å². The number of nitriles is 1. The summed E-state index contributed by atoms with van der Waals surface area (Å²) in [5, 5.41) is 8.94. The lowest BCUT2D eigenvalue weighted by molar-refractivity contribution is -0.142. The normalized spacial score (nSPS) is 14.3. The number of rotatable bonds is 10. The van der Waals surface area contributed by atoms with Gasteiger partial charge in [0.1, 0.15) is 0 Å². The van der Waals surface area contributed by atoms with Crippen molar-refractivity contribution in [2.45, 2.75) is 51.9 Å². The molecule has 158 valence electrons. The zero-order chi connectivity index (χ0) is 21.1. The number of carbonyl (C=O) groups excluding carboxylic acids is 2. The molecule has 1 aliphatic rings. The number of nitrogens with zero attached hydrogens (tertiary/aromatic N) is 3. The van der Waals surface area contributed by atoms with E-state index in [4.69, 9.17) is 10.00 Å². The van der Waals surface area contributed by atoms with E-state index in [9.17, 15) is 9.59 Å². The van der Waals surface area contributed by atoms with Crippen LogP contribution in [0.1, 0.15) is 57.4 Å². The number of ether oxygens (including phenoxy) is 1. The van der Waals surface area contributed by atoms with Crippen molar-refractivity contribution in [3.05, 3.63) is 29.8 Å². The number of hydrogen-bond donors (Lipinski definition) is 0. The molecule has 0 aromatic heterocycles. The summed E-state index contributed by atoms with van der Waals surface area (Å²) in [4.78, 5) is 28.7. The Balaban J connectivity index is 1.89. The average Bonchev–Trinajstić information content (AvgIpc) is 2.77. The smallest absolute Gasteiger partial charge is 0.305 e. The number of anilines is 1. The van der Waals surface area contributed by atoms with Gasteiger partial charge in [-0.05, 0) is 49.9 Å². The van der Waals surface area contributed by atoms with Gasteiger partial charge in [-0.2, -0.15) is 5.26 Å². The van der Waals surface area contributed by atoms with Crippen LogP contribution in [0.4, 0.5) is 5.69 Å². The van der Waals surface area contributed by atoms with Crippen molar-refractivity contribution < 1.29 is 14.3 Å². The summed E-state index contributed by atoms with van der Waals surface area (Å²) in [7, 11) is 1.40. The molecule has 1 heterocycles. The maximum atomic E-state index is 13.1. The number of piperidine rings is 1. The van der Waals surface area contributed by atoms with Crippen LogP contribution < -0.4 is 4.90 Å². The molecule has 1 saturated heterocycles. The molecule has 6 heteroatoms. The highest BCUT2D eigenvalue weighted by Crippen LogP contribution is 2.25. The third-order valence-electron chi connectivity index (χ3n) is 5.59. The number of hydrogen-bond acceptors (Lipinski definition) is 5. The van der Waals surface area contributed by atoms with E-state index in [1.165, 1.54) is 7.11 Å². The highest BCUT2D eigenvalue weighted by atomic mass is 16.5. The van der Waals surface area contributed by atoms with E-state index in [0.29, 0.717) is 24.9 Å². The van der Waals surface area contributed by atoms with Crippen LogP contribution in [0.5, 0.6) is 0 Å². The van der Waals surface area contributed by atoms with Crippen LogP contribution in [0.15, 0.2) is 24.3 Å². The van der Waals surface area contributed by atoms with Gasteiger partial charge in [0.05, 0.1) is 18.7 Å². The first-order valence-corrected chi connectivity index (χ1v) is 10.7. The van der Waals surface area contributed by atoms with E-state index in [2.05, 4.69) is 17.9 Å². The van der Waals surface area contributed by atoms with Gasteiger partial charge in [-0.25, -0.2) is 0 Å². The van der Waals surface area contributed by atoms with Gasteiger partial charge < -0.3 is 14.5 Å². The molecule has 0 N–H and O–H groups in total. The van der Waals surface area contributed by atoms with Gasteiger partial charge in [-0.15, -0.1) is 0 Å². The fourth-order valence-electron chi connectivity index (χ4n) is 3.79. The zero-order valence-corrected chi connectivity index (χ0v) is 17.7. The van der Waals surface area contributed by atoms with E-state index < -0.39 is 0 Å². The Labute approximate surface area is 174 Å². The zero-order valence-electron chi connectivity index (χ0n) is 17.7. The SMILES string of the molecule is CCCCCN(CCCC(=O)OC)C(=O)C1CCN(c2ccc(C#N)cc2)CC1. The summed E-state index contributed by atoms with van der Waals surface area (Å²) in [6.07, 6.45) is 5.90. The molecule has 6 nitrogen and oxygen atoms in total. The van der Waals surface area contributed by atoms with Gasteiger partial charge in [-0.1, -0.05) is 19.8 Å². The summed E-state index contributed by atoms with van der Waals surface area (Å²) in [6.45, 7) is 5.22. The minimum atomic E-state index is -0.221. The third-order valence-corrected chi connectivity index (χ3v) is 5.59. The molecule has 0 bridgehead atoms. The van der Waals surface area contributed by atoms with Crippen molar-refractivity contribution in [3.63, 3.8) is 0 Å². The lowest BCUT2D eigenvalue weighted by atomic mass is 9.94. The molecule has 1 amide bonds. The second-order valence-electron chi connectivity index (χ2n) is 7.63. The first-order chi connectivity index (χ1) is 14.1. The predicted molar refractivity (Wildman–Crippen MR) is 113 cm³/mol. The van der Waals surface area contributed by atoms with Crippen LogP contribution in [0.2, 0.25) is 0 Å². The Morgan fingerprint density at radius 1 is 1.14 bits per heavy atom. The van der Waals surface area contributed by atoms with Gasteiger partial charge in [0, 0.05) is 44.2 Å². The van der Waals surface area contributed by atoms with Gasteiger partial charge >= 0.3 is 5.97 Å². The molecule has 1 aliphatic heterocycles. The summed E-state index contributed by atoms with van der Waals surface area (Å²) in [6, 6.07) is 9.77. The maximum Gasteiger partial charge on any atom is 0.305 e. The Hall–Kier alpha value is -2.55. The minimum Gasteiger partial charge on any atom is -0.469 e. The lowest BCUT2D eigenvalue weighted by Gasteiger charge is -2.35. The Morgan fingerprint density at radius 3 is 2.38 bits per heavy atom. The minimum absolute atomic E-state index is 0.0457. The number of methoxy groups -OCH3 is 1. The molecule has 0 radical (unpaired) electrons. The monoisotopic (exact) mass is 399 g/mol. The molecule has 1 aromatic carbocycles. The number of unbranched alkanes of at least 4 members (excludes halogenated alkanes) is 2. The second kappa shape index (κ2) is 12.1. The summed E-state index contributed by atoms with van der Waals surface area (Å²) in [5.74, 6) is 0.0523. The Bertz CT molecular complexity index is 688. The molecular formula is C23H33N3O3. The molecular weight excluding hydrogens is 366 g/mol. The van der Waals surface area contributed by atoms with Gasteiger partial charge in [0.2, 0.25) is 5.91 Å². The molecule has 0 aliphatic carbocycles. The molecule has 0 unspecified atom stereocenters. The van der Waals surface area contributed by atoms with E-state index in [-0.39, 0.29) is 17.8 Å². The fraction of sp³-hybridized carbons (Fsp3) is 0.609. The largest absolute Gasteiger partial charge is 0.469 e. The van der Waals surface area contributed by atoms with E-state index in [1.807, 2.05) is 29.2 Å². The van der Waals surface area contributed by atoms with E-state index in [0.717, 1.165) is 57.4 Å². The Kier molecular flexibility index (Phi) is 9.49. The quantitative estimate of drug-likeness (QED) is 0.442.